The Hall–Kier alpha value is -3.94. The van der Waals surface area contributed by atoms with Crippen molar-refractivity contribution in [1.29, 1.82) is 0 Å². The molecule has 0 radical (unpaired) electrons. The van der Waals surface area contributed by atoms with Gasteiger partial charge in [-0.05, 0) is 49.4 Å². The number of benzene rings is 2. The third kappa shape index (κ3) is 4.82. The molecule has 1 aromatic heterocycles. The van der Waals surface area contributed by atoms with E-state index in [0.29, 0.717) is 34.1 Å². The third-order valence-corrected chi connectivity index (χ3v) is 3.72. The molecule has 0 aliphatic carbocycles. The second-order valence-electron chi connectivity index (χ2n) is 6.07. The lowest BCUT2D eigenvalue weighted by molar-refractivity contribution is -0.114. The molecular formula is C20H18N4O4. The molecule has 8 nitrogen and oxygen atoms in total. The van der Waals surface area contributed by atoms with Gasteiger partial charge in [0.25, 0.3) is 11.8 Å². The number of amides is 3. The lowest BCUT2D eigenvalue weighted by atomic mass is 10.1. The zero-order valence-electron chi connectivity index (χ0n) is 15.3. The second kappa shape index (κ2) is 8.17. The molecule has 28 heavy (non-hydrogen) atoms. The van der Waals surface area contributed by atoms with E-state index in [0.717, 1.165) is 0 Å². The van der Waals surface area contributed by atoms with Gasteiger partial charge in [-0.3, -0.25) is 14.4 Å². The van der Waals surface area contributed by atoms with Crippen LogP contribution < -0.4 is 16.0 Å². The molecule has 0 saturated carbocycles. The average Bonchev–Trinajstić information content (AvgIpc) is 3.07. The minimum absolute atomic E-state index is 0.173. The van der Waals surface area contributed by atoms with Gasteiger partial charge in [-0.2, -0.15) is 0 Å². The molecule has 1 heterocycles. The Labute approximate surface area is 160 Å². The fraction of sp³-hybridized carbons (Fsp3) is 0.100. The maximum atomic E-state index is 12.5. The predicted octanol–water partition coefficient (Wildman–Crippen LogP) is 3.45. The van der Waals surface area contributed by atoms with Crippen LogP contribution in [0.1, 0.15) is 33.4 Å². The summed E-state index contributed by atoms with van der Waals surface area (Å²) < 4.78 is 4.91. The smallest absolute Gasteiger partial charge is 0.256 e. The first kappa shape index (κ1) is 18.8. The summed E-state index contributed by atoms with van der Waals surface area (Å²) >= 11 is 0. The number of anilines is 3. The molecule has 0 unspecified atom stereocenters. The lowest BCUT2D eigenvalue weighted by Crippen LogP contribution is -2.15. The van der Waals surface area contributed by atoms with Gasteiger partial charge >= 0.3 is 0 Å². The first-order valence-electron chi connectivity index (χ1n) is 8.44. The van der Waals surface area contributed by atoms with Crippen molar-refractivity contribution in [3.63, 3.8) is 0 Å². The van der Waals surface area contributed by atoms with E-state index >= 15 is 0 Å². The van der Waals surface area contributed by atoms with Crippen LogP contribution in [0.25, 0.3) is 0 Å². The minimum Gasteiger partial charge on any atom is -0.360 e. The van der Waals surface area contributed by atoms with E-state index in [1.165, 1.54) is 13.0 Å². The zero-order valence-corrected chi connectivity index (χ0v) is 15.3. The van der Waals surface area contributed by atoms with Crippen molar-refractivity contribution >= 4 is 34.9 Å². The van der Waals surface area contributed by atoms with Crippen molar-refractivity contribution in [3.05, 3.63) is 71.5 Å². The normalized spacial score (nSPS) is 10.2. The van der Waals surface area contributed by atoms with Gasteiger partial charge in [0.05, 0.1) is 0 Å². The molecular weight excluding hydrogens is 360 g/mol. The summed E-state index contributed by atoms with van der Waals surface area (Å²) in [4.78, 5) is 35.8. The number of nitrogens with zero attached hydrogens (tertiary/aromatic N) is 1. The van der Waals surface area contributed by atoms with Crippen LogP contribution in [0.3, 0.4) is 0 Å². The Morgan fingerprint density at radius 1 is 0.821 bits per heavy atom. The largest absolute Gasteiger partial charge is 0.360 e. The van der Waals surface area contributed by atoms with Gasteiger partial charge in [-0.1, -0.05) is 11.2 Å². The van der Waals surface area contributed by atoms with Crippen molar-refractivity contribution in [1.82, 2.24) is 5.16 Å². The standard InChI is InChI=1S/C20H18N4O4/c1-12-10-18(24-28-12)23-20(27)15-5-3-4-14(11-15)19(26)22-17-8-6-16(7-9-17)21-13(2)25/h3-11H,1-2H3,(H,21,25)(H,22,26)(H,23,24,27). The summed E-state index contributed by atoms with van der Waals surface area (Å²) in [7, 11) is 0. The van der Waals surface area contributed by atoms with Crippen molar-refractivity contribution in [2.24, 2.45) is 0 Å². The Kier molecular flexibility index (Phi) is 5.50. The third-order valence-electron chi connectivity index (χ3n) is 3.72. The summed E-state index contributed by atoms with van der Waals surface area (Å²) in [5.74, 6) is -0.0564. The van der Waals surface area contributed by atoms with Gasteiger partial charge in [0, 0.05) is 35.5 Å². The number of carbonyl (C=O) groups excluding carboxylic acids is 3. The molecule has 0 aliphatic rings. The van der Waals surface area contributed by atoms with E-state index in [-0.39, 0.29) is 11.8 Å². The molecule has 3 N–H and O–H groups in total. The van der Waals surface area contributed by atoms with E-state index in [9.17, 15) is 14.4 Å². The van der Waals surface area contributed by atoms with Crippen LogP contribution in [0, 0.1) is 6.92 Å². The maximum absolute atomic E-state index is 12.5. The number of rotatable bonds is 5. The average molecular weight is 378 g/mol. The first-order valence-corrected chi connectivity index (χ1v) is 8.44. The van der Waals surface area contributed by atoms with Gasteiger partial charge in [0.1, 0.15) is 5.76 Å². The van der Waals surface area contributed by atoms with Gasteiger partial charge in [0.15, 0.2) is 5.82 Å². The van der Waals surface area contributed by atoms with Crippen LogP contribution in [0.4, 0.5) is 17.2 Å². The molecule has 8 heteroatoms. The highest BCUT2D eigenvalue weighted by Gasteiger charge is 2.12. The molecule has 0 fully saturated rings. The van der Waals surface area contributed by atoms with E-state index in [1.54, 1.807) is 55.5 Å². The maximum Gasteiger partial charge on any atom is 0.256 e. The fourth-order valence-corrected chi connectivity index (χ4v) is 2.46. The Morgan fingerprint density at radius 2 is 1.39 bits per heavy atom. The number of hydrogen-bond acceptors (Lipinski definition) is 5. The van der Waals surface area contributed by atoms with Crippen LogP contribution in [0.15, 0.2) is 59.1 Å². The van der Waals surface area contributed by atoms with E-state index < -0.39 is 5.91 Å². The monoisotopic (exact) mass is 378 g/mol. The van der Waals surface area contributed by atoms with Crippen molar-refractivity contribution in [3.8, 4) is 0 Å². The molecule has 0 bridgehead atoms. The first-order chi connectivity index (χ1) is 13.4. The predicted molar refractivity (Wildman–Crippen MR) is 104 cm³/mol. The number of aromatic nitrogens is 1. The number of aryl methyl sites for hydroxylation is 1. The molecule has 0 aliphatic heterocycles. The van der Waals surface area contributed by atoms with E-state index in [1.807, 2.05) is 0 Å². The summed E-state index contributed by atoms with van der Waals surface area (Å²) in [6.07, 6.45) is 0. The fourth-order valence-electron chi connectivity index (χ4n) is 2.46. The van der Waals surface area contributed by atoms with Crippen molar-refractivity contribution < 1.29 is 18.9 Å². The second-order valence-corrected chi connectivity index (χ2v) is 6.07. The molecule has 3 amide bonds. The van der Waals surface area contributed by atoms with Gasteiger partial charge in [-0.25, -0.2) is 0 Å². The quantitative estimate of drug-likeness (QED) is 0.629. The van der Waals surface area contributed by atoms with Crippen LogP contribution in [0.2, 0.25) is 0 Å². The summed E-state index contributed by atoms with van der Waals surface area (Å²) in [5.41, 5.74) is 1.84. The number of nitrogens with one attached hydrogen (secondary N) is 3. The van der Waals surface area contributed by atoms with Crippen LogP contribution in [0.5, 0.6) is 0 Å². The summed E-state index contributed by atoms with van der Waals surface area (Å²) in [5, 5.41) is 11.7. The number of carbonyl (C=O) groups is 3. The summed E-state index contributed by atoms with van der Waals surface area (Å²) in [6, 6.07) is 14.6. The Morgan fingerprint density at radius 3 is 1.93 bits per heavy atom. The number of hydrogen-bond donors (Lipinski definition) is 3. The highest BCUT2D eigenvalue weighted by atomic mass is 16.5. The SMILES string of the molecule is CC(=O)Nc1ccc(NC(=O)c2cccc(C(=O)Nc3cc(C)on3)c2)cc1. The van der Waals surface area contributed by atoms with Crippen LogP contribution in [-0.4, -0.2) is 22.9 Å². The lowest BCUT2D eigenvalue weighted by Gasteiger charge is -2.08. The molecule has 0 spiro atoms. The Balaban J connectivity index is 1.68. The van der Waals surface area contributed by atoms with E-state index in [4.69, 9.17) is 4.52 Å². The molecule has 0 saturated heterocycles. The topological polar surface area (TPSA) is 113 Å². The highest BCUT2D eigenvalue weighted by Crippen LogP contribution is 2.16. The van der Waals surface area contributed by atoms with Crippen LogP contribution in [-0.2, 0) is 4.79 Å². The van der Waals surface area contributed by atoms with Gasteiger partial charge in [-0.15, -0.1) is 0 Å². The van der Waals surface area contributed by atoms with Crippen molar-refractivity contribution in [2.75, 3.05) is 16.0 Å². The van der Waals surface area contributed by atoms with Gasteiger partial charge < -0.3 is 20.5 Å². The molecule has 0 atom stereocenters. The van der Waals surface area contributed by atoms with Crippen molar-refractivity contribution in [2.45, 2.75) is 13.8 Å². The highest BCUT2D eigenvalue weighted by molar-refractivity contribution is 6.08. The Bertz CT molecular complexity index is 1020. The molecule has 2 aromatic carbocycles. The summed E-state index contributed by atoms with van der Waals surface area (Å²) in [6.45, 7) is 3.14. The van der Waals surface area contributed by atoms with E-state index in [2.05, 4.69) is 21.1 Å². The van der Waals surface area contributed by atoms with Crippen LogP contribution >= 0.6 is 0 Å². The molecule has 142 valence electrons. The zero-order chi connectivity index (χ0) is 20.1. The minimum atomic E-state index is -0.400. The molecule has 3 rings (SSSR count). The molecule has 3 aromatic rings. The van der Waals surface area contributed by atoms with Gasteiger partial charge in [0.2, 0.25) is 5.91 Å².